The van der Waals surface area contributed by atoms with Crippen LogP contribution in [0, 0.1) is 11.6 Å². The lowest BCUT2D eigenvalue weighted by Crippen LogP contribution is -2.54. The van der Waals surface area contributed by atoms with Crippen molar-refractivity contribution in [2.45, 2.75) is 18.1 Å². The first kappa shape index (κ1) is 24.9. The molecule has 35 heavy (non-hydrogen) atoms. The third-order valence-electron chi connectivity index (χ3n) is 5.44. The Bertz CT molecular complexity index is 1230. The summed E-state index contributed by atoms with van der Waals surface area (Å²) in [6, 6.07) is 12.9. The molecule has 1 N–H and O–H groups in total. The van der Waals surface area contributed by atoms with Crippen LogP contribution in [0.4, 0.5) is 20.3 Å². The first-order valence-electron chi connectivity index (χ1n) is 10.8. The van der Waals surface area contributed by atoms with E-state index in [4.69, 9.17) is 11.6 Å². The highest BCUT2D eigenvalue weighted by molar-refractivity contribution is 7.99. The summed E-state index contributed by atoms with van der Waals surface area (Å²) in [5, 5.41) is 3.24. The van der Waals surface area contributed by atoms with Gasteiger partial charge in [-0.1, -0.05) is 35.5 Å². The van der Waals surface area contributed by atoms with Crippen molar-refractivity contribution in [1.29, 1.82) is 0 Å². The van der Waals surface area contributed by atoms with Crippen LogP contribution < -0.4 is 10.2 Å². The number of aromatic nitrogens is 2. The lowest BCUT2D eigenvalue weighted by molar-refractivity contribution is -0.113. The van der Waals surface area contributed by atoms with Crippen molar-refractivity contribution in [2.24, 2.45) is 0 Å². The fraction of sp³-hybridized carbons (Fsp3) is 0.250. The summed E-state index contributed by atoms with van der Waals surface area (Å²) in [5.41, 5.74) is 0.539. The van der Waals surface area contributed by atoms with E-state index in [1.54, 1.807) is 23.1 Å². The number of amides is 2. The zero-order valence-corrected chi connectivity index (χ0v) is 20.3. The van der Waals surface area contributed by atoms with Crippen LogP contribution in [0.2, 0.25) is 5.15 Å². The van der Waals surface area contributed by atoms with Crippen LogP contribution in [-0.4, -0.2) is 58.1 Å². The molecule has 1 aromatic heterocycles. The first-order chi connectivity index (χ1) is 16.8. The van der Waals surface area contributed by atoms with Crippen LogP contribution in [0.25, 0.3) is 0 Å². The smallest absolute Gasteiger partial charge is 0.257 e. The third-order valence-corrected chi connectivity index (χ3v) is 6.48. The summed E-state index contributed by atoms with van der Waals surface area (Å²) in [6.07, 6.45) is 0. The molecule has 11 heteroatoms. The highest BCUT2D eigenvalue weighted by Crippen LogP contribution is 2.25. The Hall–Kier alpha value is -3.24. The van der Waals surface area contributed by atoms with Gasteiger partial charge in [0.15, 0.2) is 5.16 Å². The number of carbonyl (C=O) groups excluding carboxylic acids is 2. The van der Waals surface area contributed by atoms with Gasteiger partial charge in [-0.15, -0.1) is 0 Å². The predicted molar refractivity (Wildman–Crippen MR) is 132 cm³/mol. The van der Waals surface area contributed by atoms with Gasteiger partial charge in [-0.25, -0.2) is 18.7 Å². The number of thioether (sulfide) groups is 1. The van der Waals surface area contributed by atoms with E-state index in [0.29, 0.717) is 36.3 Å². The standard InChI is InChI=1S/C24H22ClF2N5O2S/c1-15-13-31(10-11-32(15)23(34)18-4-2-3-5-19(18)27)21-12-20(25)29-24(30-21)35-14-22(33)28-17-8-6-16(26)7-9-17/h2-9,12,15H,10-11,13-14H2,1H3,(H,28,33). The van der Waals surface area contributed by atoms with Crippen LogP contribution in [0.5, 0.6) is 0 Å². The number of nitrogens with zero attached hydrogens (tertiary/aromatic N) is 4. The summed E-state index contributed by atoms with van der Waals surface area (Å²) in [4.78, 5) is 37.4. The molecule has 182 valence electrons. The van der Waals surface area contributed by atoms with E-state index in [1.807, 2.05) is 11.8 Å². The number of halogens is 3. The normalized spacial score (nSPS) is 15.7. The van der Waals surface area contributed by atoms with Gasteiger partial charge in [-0.3, -0.25) is 9.59 Å². The first-order valence-corrected chi connectivity index (χ1v) is 12.2. The SMILES string of the molecule is CC1CN(c2cc(Cl)nc(SCC(=O)Nc3ccc(F)cc3)n2)CCN1C(=O)c1ccccc1F. The highest BCUT2D eigenvalue weighted by atomic mass is 35.5. The molecule has 0 bridgehead atoms. The fourth-order valence-electron chi connectivity index (χ4n) is 3.73. The molecule has 0 aliphatic carbocycles. The Morgan fingerprint density at radius 2 is 1.86 bits per heavy atom. The zero-order valence-electron chi connectivity index (χ0n) is 18.7. The van der Waals surface area contributed by atoms with Gasteiger partial charge in [0.05, 0.1) is 11.3 Å². The molecule has 2 aromatic carbocycles. The second kappa shape index (κ2) is 11.0. The number of hydrogen-bond donors (Lipinski definition) is 1. The molecular weight excluding hydrogens is 496 g/mol. The Balaban J connectivity index is 1.38. The highest BCUT2D eigenvalue weighted by Gasteiger charge is 2.30. The van der Waals surface area contributed by atoms with Gasteiger partial charge >= 0.3 is 0 Å². The predicted octanol–water partition coefficient (Wildman–Crippen LogP) is 4.49. The molecule has 1 saturated heterocycles. The van der Waals surface area contributed by atoms with Crippen molar-refractivity contribution >= 4 is 46.7 Å². The van der Waals surface area contributed by atoms with E-state index in [2.05, 4.69) is 15.3 Å². The third kappa shape index (κ3) is 6.26. The molecule has 1 unspecified atom stereocenters. The molecule has 1 aliphatic rings. The average Bonchev–Trinajstić information content (AvgIpc) is 2.84. The van der Waals surface area contributed by atoms with Gasteiger partial charge in [0.25, 0.3) is 5.91 Å². The van der Waals surface area contributed by atoms with Gasteiger partial charge < -0.3 is 15.1 Å². The molecule has 3 aromatic rings. The molecule has 0 spiro atoms. The number of rotatable bonds is 6. The molecular formula is C24H22ClF2N5O2S. The number of piperazine rings is 1. The lowest BCUT2D eigenvalue weighted by atomic mass is 10.1. The molecule has 1 atom stereocenters. The molecule has 1 aliphatic heterocycles. The van der Waals surface area contributed by atoms with Crippen LogP contribution in [0.1, 0.15) is 17.3 Å². The molecule has 4 rings (SSSR count). The van der Waals surface area contributed by atoms with Crippen molar-refractivity contribution in [3.63, 3.8) is 0 Å². The maximum Gasteiger partial charge on any atom is 0.257 e. The van der Waals surface area contributed by atoms with Gasteiger partial charge in [0.1, 0.15) is 22.6 Å². The zero-order chi connectivity index (χ0) is 24.9. The monoisotopic (exact) mass is 517 g/mol. The van der Waals surface area contributed by atoms with Crippen LogP contribution in [-0.2, 0) is 4.79 Å². The van der Waals surface area contributed by atoms with Crippen LogP contribution in [0.15, 0.2) is 59.8 Å². The molecule has 2 amide bonds. The minimum absolute atomic E-state index is 0.0402. The Kier molecular flexibility index (Phi) is 7.82. The molecule has 1 fully saturated rings. The quantitative estimate of drug-likeness (QED) is 0.295. The minimum atomic E-state index is -0.542. The van der Waals surface area contributed by atoms with Crippen molar-refractivity contribution < 1.29 is 18.4 Å². The second-order valence-electron chi connectivity index (χ2n) is 7.95. The van der Waals surface area contributed by atoms with Crippen LogP contribution in [0.3, 0.4) is 0 Å². The van der Waals surface area contributed by atoms with Crippen LogP contribution >= 0.6 is 23.4 Å². The van der Waals surface area contributed by atoms with E-state index in [1.165, 1.54) is 36.4 Å². The van der Waals surface area contributed by atoms with Gasteiger partial charge in [-0.05, 0) is 43.3 Å². The van der Waals surface area contributed by atoms with E-state index < -0.39 is 5.82 Å². The molecule has 7 nitrogen and oxygen atoms in total. The topological polar surface area (TPSA) is 78.4 Å². The largest absolute Gasteiger partial charge is 0.353 e. The number of nitrogens with one attached hydrogen (secondary N) is 1. The van der Waals surface area contributed by atoms with E-state index in [-0.39, 0.29) is 40.1 Å². The lowest BCUT2D eigenvalue weighted by Gasteiger charge is -2.40. The van der Waals surface area contributed by atoms with Crippen molar-refractivity contribution in [3.05, 3.63) is 76.9 Å². The number of anilines is 2. The van der Waals surface area contributed by atoms with Gasteiger partial charge in [0, 0.05) is 37.4 Å². The number of hydrogen-bond acceptors (Lipinski definition) is 6. The van der Waals surface area contributed by atoms with Crippen molar-refractivity contribution in [3.8, 4) is 0 Å². The summed E-state index contributed by atoms with van der Waals surface area (Å²) >= 11 is 7.33. The summed E-state index contributed by atoms with van der Waals surface area (Å²) in [6.45, 7) is 3.23. The summed E-state index contributed by atoms with van der Waals surface area (Å²) < 4.78 is 27.1. The minimum Gasteiger partial charge on any atom is -0.353 e. The maximum absolute atomic E-state index is 14.1. The maximum atomic E-state index is 14.1. The van der Waals surface area contributed by atoms with E-state index in [9.17, 15) is 18.4 Å². The van der Waals surface area contributed by atoms with Gasteiger partial charge in [0.2, 0.25) is 5.91 Å². The molecule has 0 radical (unpaired) electrons. The summed E-state index contributed by atoms with van der Waals surface area (Å²) in [7, 11) is 0. The van der Waals surface area contributed by atoms with Crippen molar-refractivity contribution in [1.82, 2.24) is 14.9 Å². The van der Waals surface area contributed by atoms with Crippen molar-refractivity contribution in [2.75, 3.05) is 35.6 Å². The summed E-state index contributed by atoms with van der Waals surface area (Å²) in [5.74, 6) is -0.946. The number of carbonyl (C=O) groups is 2. The second-order valence-corrected chi connectivity index (χ2v) is 9.28. The molecule has 0 saturated carbocycles. The molecule has 2 heterocycles. The Labute approximate surface area is 210 Å². The fourth-order valence-corrected chi connectivity index (χ4v) is 4.61. The Morgan fingerprint density at radius 1 is 1.11 bits per heavy atom. The Morgan fingerprint density at radius 3 is 2.57 bits per heavy atom. The van der Waals surface area contributed by atoms with Gasteiger partial charge in [-0.2, -0.15) is 0 Å². The van der Waals surface area contributed by atoms with E-state index in [0.717, 1.165) is 11.8 Å². The average molecular weight is 518 g/mol. The number of benzene rings is 2. The van der Waals surface area contributed by atoms with E-state index >= 15 is 0 Å².